The predicted octanol–water partition coefficient (Wildman–Crippen LogP) is 2.74. The Labute approximate surface area is 173 Å². The van der Waals surface area contributed by atoms with Crippen LogP contribution in [0.5, 0.6) is 0 Å². The van der Waals surface area contributed by atoms with Crippen LogP contribution >= 0.6 is 22.7 Å². The highest BCUT2D eigenvalue weighted by Gasteiger charge is 2.12. The zero-order valence-corrected chi connectivity index (χ0v) is 16.8. The first kappa shape index (κ1) is 18.9. The van der Waals surface area contributed by atoms with Gasteiger partial charge in [0.1, 0.15) is 6.33 Å². The Morgan fingerprint density at radius 2 is 2.10 bits per heavy atom. The van der Waals surface area contributed by atoms with Crippen molar-refractivity contribution in [3.8, 4) is 16.3 Å². The van der Waals surface area contributed by atoms with Crippen LogP contribution in [-0.4, -0.2) is 37.0 Å². The van der Waals surface area contributed by atoms with Crippen molar-refractivity contribution in [2.24, 2.45) is 0 Å². The molecular weight excluding hydrogens is 410 g/mol. The van der Waals surface area contributed by atoms with Crippen LogP contribution in [0, 0.1) is 0 Å². The third-order valence-electron chi connectivity index (χ3n) is 3.87. The third kappa shape index (κ3) is 4.52. The van der Waals surface area contributed by atoms with Crippen molar-refractivity contribution in [2.45, 2.75) is 13.5 Å². The summed E-state index contributed by atoms with van der Waals surface area (Å²) in [4.78, 5) is 30.1. The van der Waals surface area contributed by atoms with Crippen molar-refractivity contribution in [3.05, 3.63) is 58.5 Å². The molecule has 29 heavy (non-hydrogen) atoms. The van der Waals surface area contributed by atoms with E-state index >= 15 is 0 Å². The van der Waals surface area contributed by atoms with Crippen molar-refractivity contribution in [1.82, 2.24) is 30.5 Å². The number of carbonyl (C=O) groups excluding carboxylic acids is 2. The maximum atomic E-state index is 12.6. The molecule has 2 amide bonds. The van der Waals surface area contributed by atoms with E-state index in [-0.39, 0.29) is 11.8 Å². The van der Waals surface area contributed by atoms with Crippen LogP contribution in [0.4, 0.5) is 5.13 Å². The van der Waals surface area contributed by atoms with Crippen LogP contribution in [0.3, 0.4) is 0 Å². The van der Waals surface area contributed by atoms with Crippen molar-refractivity contribution >= 4 is 39.6 Å². The number of carbonyl (C=O) groups is 2. The summed E-state index contributed by atoms with van der Waals surface area (Å²) in [5.41, 5.74) is 1.95. The van der Waals surface area contributed by atoms with Gasteiger partial charge in [0.2, 0.25) is 5.91 Å². The molecule has 0 aliphatic heterocycles. The van der Waals surface area contributed by atoms with Crippen molar-refractivity contribution in [1.29, 1.82) is 0 Å². The van der Waals surface area contributed by atoms with E-state index in [0.29, 0.717) is 22.9 Å². The van der Waals surface area contributed by atoms with Crippen LogP contribution < -0.4 is 10.6 Å². The van der Waals surface area contributed by atoms with E-state index in [9.17, 15) is 9.59 Å². The zero-order chi connectivity index (χ0) is 20.2. The molecule has 0 fully saturated rings. The SMILES string of the molecule is CC(=O)NCc1ccc(-c2csc(NC(=O)c3cccc(-n4cnnn4)c3)n2)s1. The average Bonchev–Trinajstić information content (AvgIpc) is 3.47. The Morgan fingerprint density at radius 3 is 2.90 bits per heavy atom. The molecule has 0 saturated heterocycles. The lowest BCUT2D eigenvalue weighted by molar-refractivity contribution is -0.119. The number of aromatic nitrogens is 5. The Kier molecular flexibility index (Phi) is 5.40. The average molecular weight is 425 g/mol. The molecule has 0 atom stereocenters. The molecule has 0 radical (unpaired) electrons. The number of nitrogens with one attached hydrogen (secondary N) is 2. The summed E-state index contributed by atoms with van der Waals surface area (Å²) >= 11 is 2.91. The van der Waals surface area contributed by atoms with E-state index in [1.54, 1.807) is 29.5 Å². The Morgan fingerprint density at radius 1 is 1.21 bits per heavy atom. The van der Waals surface area contributed by atoms with Crippen LogP contribution in [0.2, 0.25) is 0 Å². The molecule has 1 aromatic carbocycles. The van der Waals surface area contributed by atoms with E-state index in [2.05, 4.69) is 31.1 Å². The summed E-state index contributed by atoms with van der Waals surface area (Å²) in [5.74, 6) is -0.332. The molecule has 3 aromatic heterocycles. The van der Waals surface area contributed by atoms with Gasteiger partial charge >= 0.3 is 0 Å². The molecule has 4 rings (SSSR count). The Bertz CT molecular complexity index is 1150. The topological polar surface area (TPSA) is 115 Å². The first-order valence-electron chi connectivity index (χ1n) is 8.52. The summed E-state index contributed by atoms with van der Waals surface area (Å²) in [6.07, 6.45) is 1.46. The zero-order valence-electron chi connectivity index (χ0n) is 15.2. The summed E-state index contributed by atoms with van der Waals surface area (Å²) in [5, 5.41) is 19.0. The van der Waals surface area contributed by atoms with Gasteiger partial charge in [0, 0.05) is 22.7 Å². The summed E-state index contributed by atoms with van der Waals surface area (Å²) in [6, 6.07) is 10.9. The maximum absolute atomic E-state index is 12.6. The molecule has 0 saturated carbocycles. The molecule has 0 bridgehead atoms. The largest absolute Gasteiger partial charge is 0.351 e. The number of benzene rings is 1. The molecule has 0 spiro atoms. The van der Waals surface area contributed by atoms with E-state index in [0.717, 1.165) is 15.4 Å². The molecule has 0 unspecified atom stereocenters. The van der Waals surface area contributed by atoms with E-state index in [1.165, 1.54) is 29.3 Å². The highest BCUT2D eigenvalue weighted by molar-refractivity contribution is 7.17. The number of tetrazole rings is 1. The number of rotatable bonds is 6. The highest BCUT2D eigenvalue weighted by atomic mass is 32.1. The van der Waals surface area contributed by atoms with Crippen LogP contribution in [0.25, 0.3) is 16.3 Å². The van der Waals surface area contributed by atoms with Crippen molar-refractivity contribution in [2.75, 3.05) is 5.32 Å². The van der Waals surface area contributed by atoms with Crippen LogP contribution in [-0.2, 0) is 11.3 Å². The van der Waals surface area contributed by atoms with Gasteiger partial charge in [-0.2, -0.15) is 0 Å². The summed E-state index contributed by atoms with van der Waals surface area (Å²) in [6.45, 7) is 1.98. The van der Waals surface area contributed by atoms with Gasteiger partial charge < -0.3 is 5.32 Å². The number of hydrogen-bond acceptors (Lipinski definition) is 8. The lowest BCUT2D eigenvalue weighted by Gasteiger charge is -2.04. The van der Waals surface area contributed by atoms with Crippen molar-refractivity contribution < 1.29 is 9.59 Å². The lowest BCUT2D eigenvalue weighted by Crippen LogP contribution is -2.17. The van der Waals surface area contributed by atoms with Gasteiger partial charge in [0.15, 0.2) is 5.13 Å². The molecule has 11 heteroatoms. The Hall–Kier alpha value is -3.44. The minimum absolute atomic E-state index is 0.0669. The lowest BCUT2D eigenvalue weighted by atomic mass is 10.2. The van der Waals surface area contributed by atoms with E-state index < -0.39 is 0 Å². The fourth-order valence-electron chi connectivity index (χ4n) is 2.51. The first-order chi connectivity index (χ1) is 14.1. The number of hydrogen-bond donors (Lipinski definition) is 2. The number of thiophene rings is 1. The van der Waals surface area contributed by atoms with Gasteiger partial charge in [-0.05, 0) is 40.8 Å². The number of thiazole rings is 1. The van der Waals surface area contributed by atoms with Gasteiger partial charge in [-0.3, -0.25) is 14.9 Å². The van der Waals surface area contributed by atoms with Gasteiger partial charge in [-0.1, -0.05) is 6.07 Å². The molecule has 146 valence electrons. The number of amides is 2. The summed E-state index contributed by atoms with van der Waals surface area (Å²) in [7, 11) is 0. The second-order valence-corrected chi connectivity index (χ2v) is 8.00. The van der Waals surface area contributed by atoms with Gasteiger partial charge in [-0.15, -0.1) is 27.8 Å². The second-order valence-electron chi connectivity index (χ2n) is 5.97. The standard InChI is InChI=1S/C18H15N7O2S2/c1-11(26)19-8-14-5-6-16(29-14)15-9-28-18(21-15)22-17(27)12-3-2-4-13(7-12)25-10-20-23-24-25/h2-7,9-10H,8H2,1H3,(H,19,26)(H,21,22,27). The van der Waals surface area contributed by atoms with Crippen LogP contribution in [0.1, 0.15) is 22.2 Å². The maximum Gasteiger partial charge on any atom is 0.257 e. The fraction of sp³-hybridized carbons (Fsp3) is 0.111. The van der Waals surface area contributed by atoms with Gasteiger partial charge in [-0.25, -0.2) is 9.67 Å². The number of nitrogens with zero attached hydrogens (tertiary/aromatic N) is 5. The minimum Gasteiger partial charge on any atom is -0.351 e. The molecule has 9 nitrogen and oxygen atoms in total. The number of anilines is 1. The van der Waals surface area contributed by atoms with Gasteiger partial charge in [0.05, 0.1) is 22.8 Å². The first-order valence-corrected chi connectivity index (χ1v) is 10.2. The van der Waals surface area contributed by atoms with Crippen LogP contribution in [0.15, 0.2) is 48.1 Å². The molecule has 3 heterocycles. The minimum atomic E-state index is -0.265. The Balaban J connectivity index is 1.45. The molecule has 2 N–H and O–H groups in total. The summed E-state index contributed by atoms with van der Waals surface area (Å²) < 4.78 is 1.48. The fourth-order valence-corrected chi connectivity index (χ4v) is 4.19. The molecular formula is C18H15N7O2S2. The quantitative estimate of drug-likeness (QED) is 0.491. The monoisotopic (exact) mass is 425 g/mol. The highest BCUT2D eigenvalue weighted by Crippen LogP contribution is 2.31. The molecule has 0 aliphatic rings. The van der Waals surface area contributed by atoms with E-state index in [1.807, 2.05) is 23.6 Å². The second kappa shape index (κ2) is 8.29. The molecule has 4 aromatic rings. The third-order valence-corrected chi connectivity index (χ3v) is 5.74. The normalized spacial score (nSPS) is 10.7. The molecule has 0 aliphatic carbocycles. The predicted molar refractivity (Wildman–Crippen MR) is 110 cm³/mol. The van der Waals surface area contributed by atoms with Gasteiger partial charge in [0.25, 0.3) is 5.91 Å². The van der Waals surface area contributed by atoms with E-state index in [4.69, 9.17) is 0 Å². The van der Waals surface area contributed by atoms with Crippen molar-refractivity contribution in [3.63, 3.8) is 0 Å². The smallest absolute Gasteiger partial charge is 0.257 e.